The normalized spacial score (nSPS) is 32.2. The maximum Gasteiger partial charge on any atom is 0.173 e. The molecule has 3 N–H and O–H groups in total. The molecule has 18 heavy (non-hydrogen) atoms. The first kappa shape index (κ1) is 11.9. The van der Waals surface area contributed by atoms with Crippen LogP contribution in [-0.4, -0.2) is 55.2 Å². The SMILES string of the molecule is OC[C@H]1OC(c2nc3ncncc3s2)[C@H](O)[C@@H]1O. The highest BCUT2D eigenvalue weighted by Crippen LogP contribution is 2.36. The number of aromatic nitrogens is 3. The molecule has 0 amide bonds. The van der Waals surface area contributed by atoms with E-state index < -0.39 is 24.4 Å². The van der Waals surface area contributed by atoms with Crippen LogP contribution in [0.3, 0.4) is 0 Å². The number of ether oxygens (including phenoxy) is 1. The molecule has 1 saturated heterocycles. The molecule has 0 aliphatic carbocycles. The number of hydrogen-bond donors (Lipinski definition) is 3. The van der Waals surface area contributed by atoms with Crippen molar-refractivity contribution in [2.75, 3.05) is 6.61 Å². The largest absolute Gasteiger partial charge is 0.394 e. The third kappa shape index (κ3) is 1.78. The smallest absolute Gasteiger partial charge is 0.173 e. The van der Waals surface area contributed by atoms with E-state index in [1.54, 1.807) is 6.20 Å². The summed E-state index contributed by atoms with van der Waals surface area (Å²) in [6, 6.07) is 0. The first-order valence-electron chi connectivity index (χ1n) is 5.39. The molecule has 1 aliphatic rings. The number of hydrogen-bond acceptors (Lipinski definition) is 8. The minimum absolute atomic E-state index is 0.348. The van der Waals surface area contributed by atoms with Gasteiger partial charge in [0, 0.05) is 6.20 Å². The predicted molar refractivity (Wildman–Crippen MR) is 61.9 cm³/mol. The van der Waals surface area contributed by atoms with Crippen LogP contribution in [0.5, 0.6) is 0 Å². The Morgan fingerprint density at radius 3 is 2.83 bits per heavy atom. The highest BCUT2D eigenvalue weighted by Gasteiger charge is 2.44. The highest BCUT2D eigenvalue weighted by molar-refractivity contribution is 7.18. The third-order valence-corrected chi connectivity index (χ3v) is 3.92. The summed E-state index contributed by atoms with van der Waals surface area (Å²) in [6.07, 6.45) is -0.721. The van der Waals surface area contributed by atoms with Gasteiger partial charge in [0.2, 0.25) is 0 Å². The Hall–Kier alpha value is -1.19. The Morgan fingerprint density at radius 2 is 2.17 bits per heavy atom. The molecule has 0 spiro atoms. The molecule has 2 aromatic rings. The van der Waals surface area contributed by atoms with E-state index in [0.29, 0.717) is 10.7 Å². The zero-order chi connectivity index (χ0) is 12.7. The van der Waals surface area contributed by atoms with Crippen molar-refractivity contribution in [1.82, 2.24) is 15.0 Å². The van der Waals surface area contributed by atoms with Crippen molar-refractivity contribution in [2.24, 2.45) is 0 Å². The van der Waals surface area contributed by atoms with Gasteiger partial charge in [0.15, 0.2) is 5.65 Å². The summed E-state index contributed by atoms with van der Waals surface area (Å²) in [5.41, 5.74) is 0.530. The van der Waals surface area contributed by atoms with Gasteiger partial charge in [-0.1, -0.05) is 0 Å². The van der Waals surface area contributed by atoms with Gasteiger partial charge in [0.1, 0.15) is 35.8 Å². The van der Waals surface area contributed by atoms with Gasteiger partial charge in [-0.05, 0) is 0 Å². The number of aliphatic hydroxyl groups is 3. The second-order valence-corrected chi connectivity index (χ2v) is 5.08. The average Bonchev–Trinajstić information content (AvgIpc) is 2.92. The number of thiazole rings is 1. The molecule has 4 atom stereocenters. The lowest BCUT2D eigenvalue weighted by Crippen LogP contribution is -2.32. The minimum atomic E-state index is -1.11. The maximum atomic E-state index is 9.88. The van der Waals surface area contributed by atoms with Crippen molar-refractivity contribution < 1.29 is 20.1 Å². The number of fused-ring (bicyclic) bond motifs is 1. The summed E-state index contributed by atoms with van der Waals surface area (Å²) >= 11 is 1.30. The fourth-order valence-electron chi connectivity index (χ4n) is 1.93. The van der Waals surface area contributed by atoms with Crippen LogP contribution < -0.4 is 0 Å². The van der Waals surface area contributed by atoms with E-state index in [1.807, 2.05) is 0 Å². The molecule has 0 aromatic carbocycles. The van der Waals surface area contributed by atoms with E-state index in [-0.39, 0.29) is 6.61 Å². The Kier molecular flexibility index (Phi) is 2.96. The van der Waals surface area contributed by atoms with Crippen LogP contribution >= 0.6 is 11.3 Å². The molecular weight excluding hydrogens is 258 g/mol. The quantitative estimate of drug-likeness (QED) is 0.657. The van der Waals surface area contributed by atoms with Crippen LogP contribution in [0.1, 0.15) is 11.1 Å². The molecule has 3 heterocycles. The molecule has 3 rings (SSSR count). The van der Waals surface area contributed by atoms with Gasteiger partial charge in [-0.2, -0.15) is 0 Å². The summed E-state index contributed by atoms with van der Waals surface area (Å²) in [4.78, 5) is 12.1. The van der Waals surface area contributed by atoms with E-state index in [1.165, 1.54) is 17.7 Å². The van der Waals surface area contributed by atoms with E-state index in [0.717, 1.165) is 4.70 Å². The zero-order valence-corrected chi connectivity index (χ0v) is 9.99. The minimum Gasteiger partial charge on any atom is -0.394 e. The van der Waals surface area contributed by atoms with Crippen molar-refractivity contribution in [3.05, 3.63) is 17.5 Å². The molecule has 2 aromatic heterocycles. The van der Waals surface area contributed by atoms with Crippen LogP contribution in [0.2, 0.25) is 0 Å². The zero-order valence-electron chi connectivity index (χ0n) is 9.17. The highest BCUT2D eigenvalue weighted by atomic mass is 32.1. The molecular formula is C10H11N3O4S. The summed E-state index contributed by atoms with van der Waals surface area (Å²) < 4.78 is 6.18. The lowest BCUT2D eigenvalue weighted by atomic mass is 10.1. The van der Waals surface area contributed by atoms with Crippen LogP contribution in [0, 0.1) is 0 Å². The Labute approximate surface area is 106 Å². The van der Waals surface area contributed by atoms with Crippen molar-refractivity contribution >= 4 is 21.7 Å². The molecule has 0 bridgehead atoms. The molecule has 0 saturated carbocycles. The second kappa shape index (κ2) is 4.48. The van der Waals surface area contributed by atoms with Gasteiger partial charge in [0.25, 0.3) is 0 Å². The van der Waals surface area contributed by atoms with Gasteiger partial charge in [0.05, 0.1) is 11.3 Å². The van der Waals surface area contributed by atoms with E-state index in [2.05, 4.69) is 15.0 Å². The van der Waals surface area contributed by atoms with Crippen molar-refractivity contribution in [3.8, 4) is 0 Å². The van der Waals surface area contributed by atoms with Crippen molar-refractivity contribution in [3.63, 3.8) is 0 Å². The van der Waals surface area contributed by atoms with Crippen LogP contribution in [0.25, 0.3) is 10.3 Å². The molecule has 8 heteroatoms. The van der Waals surface area contributed by atoms with E-state index in [4.69, 9.17) is 9.84 Å². The topological polar surface area (TPSA) is 109 Å². The van der Waals surface area contributed by atoms with E-state index >= 15 is 0 Å². The first-order valence-corrected chi connectivity index (χ1v) is 6.21. The number of nitrogens with zero attached hydrogens (tertiary/aromatic N) is 3. The van der Waals surface area contributed by atoms with Gasteiger partial charge < -0.3 is 20.1 Å². The van der Waals surface area contributed by atoms with Crippen molar-refractivity contribution in [1.29, 1.82) is 0 Å². The van der Waals surface area contributed by atoms with Crippen LogP contribution in [-0.2, 0) is 4.74 Å². The standard InChI is InChI=1S/C10H11N3O4S/c14-2-4-6(15)7(16)8(17-4)10-13-9-5(18-10)1-11-3-12-9/h1,3-4,6-8,14-16H,2H2/t4-,6-,7-,8?/m1/s1. The average molecular weight is 269 g/mol. The Balaban J connectivity index is 1.95. The molecule has 0 radical (unpaired) electrons. The van der Waals surface area contributed by atoms with Crippen LogP contribution in [0.15, 0.2) is 12.5 Å². The summed E-state index contributed by atoms with van der Waals surface area (Å²) in [7, 11) is 0. The number of aliphatic hydroxyl groups excluding tert-OH is 3. The van der Waals surface area contributed by atoms with Gasteiger partial charge >= 0.3 is 0 Å². The molecule has 1 aliphatic heterocycles. The Bertz CT molecular complexity index is 530. The van der Waals surface area contributed by atoms with Gasteiger partial charge in [-0.25, -0.2) is 15.0 Å². The van der Waals surface area contributed by atoms with Gasteiger partial charge in [-0.3, -0.25) is 0 Å². The summed E-state index contributed by atoms with van der Waals surface area (Å²) in [5, 5.41) is 29.1. The fraction of sp³-hybridized carbons (Fsp3) is 0.500. The second-order valence-electron chi connectivity index (χ2n) is 4.02. The third-order valence-electron chi connectivity index (χ3n) is 2.88. The van der Waals surface area contributed by atoms with E-state index in [9.17, 15) is 10.2 Å². The van der Waals surface area contributed by atoms with Gasteiger partial charge in [-0.15, -0.1) is 11.3 Å². The molecule has 1 fully saturated rings. The predicted octanol–water partition coefficient (Wildman–Crippen LogP) is -0.760. The maximum absolute atomic E-state index is 9.88. The molecule has 7 nitrogen and oxygen atoms in total. The van der Waals surface area contributed by atoms with Crippen molar-refractivity contribution in [2.45, 2.75) is 24.4 Å². The summed E-state index contributed by atoms with van der Waals surface area (Å²) in [5.74, 6) is 0. The molecule has 1 unspecified atom stereocenters. The molecule has 96 valence electrons. The van der Waals surface area contributed by atoms with Crippen LogP contribution in [0.4, 0.5) is 0 Å². The fourth-order valence-corrected chi connectivity index (χ4v) is 2.90. The lowest BCUT2D eigenvalue weighted by Gasteiger charge is -2.11. The lowest BCUT2D eigenvalue weighted by molar-refractivity contribution is -0.0227. The summed E-state index contributed by atoms with van der Waals surface area (Å²) in [6.45, 7) is -0.348. The number of rotatable bonds is 2. The Morgan fingerprint density at radius 1 is 1.33 bits per heavy atom. The first-order chi connectivity index (χ1) is 8.70. The monoisotopic (exact) mass is 269 g/mol.